The highest BCUT2D eigenvalue weighted by atomic mass is 16.2. The van der Waals surface area contributed by atoms with E-state index in [9.17, 15) is 4.79 Å². The number of piperidine rings is 2. The van der Waals surface area contributed by atoms with Crippen molar-refractivity contribution in [3.8, 4) is 0 Å². The summed E-state index contributed by atoms with van der Waals surface area (Å²) in [7, 11) is 1.87. The van der Waals surface area contributed by atoms with Crippen molar-refractivity contribution < 1.29 is 4.79 Å². The summed E-state index contributed by atoms with van der Waals surface area (Å²) in [6.07, 6.45) is 5.78. The second-order valence-corrected chi connectivity index (χ2v) is 7.13. The van der Waals surface area contributed by atoms with E-state index < -0.39 is 0 Å². The molecule has 1 N–H and O–H groups in total. The maximum absolute atomic E-state index is 12.2. The van der Waals surface area contributed by atoms with Crippen LogP contribution in [0.15, 0.2) is 12.3 Å². The van der Waals surface area contributed by atoms with Crippen LogP contribution in [0.3, 0.4) is 0 Å². The molecule has 6 nitrogen and oxygen atoms in total. The molecule has 3 rings (SSSR count). The quantitative estimate of drug-likeness (QED) is 0.925. The molecule has 0 unspecified atom stereocenters. The predicted molar refractivity (Wildman–Crippen MR) is 91.5 cm³/mol. The highest BCUT2D eigenvalue weighted by Gasteiger charge is 2.42. The van der Waals surface area contributed by atoms with E-state index in [0.717, 1.165) is 44.2 Å². The Morgan fingerprint density at radius 3 is 2.87 bits per heavy atom. The Bertz CT molecular complexity index is 576. The van der Waals surface area contributed by atoms with Gasteiger partial charge in [0, 0.05) is 50.8 Å². The molecule has 0 saturated carbocycles. The number of rotatable bonds is 3. The lowest BCUT2D eigenvalue weighted by atomic mass is 9.73. The maximum Gasteiger partial charge on any atom is 0.227 e. The number of carbonyl (C=O) groups excluding carboxylic acids is 1. The van der Waals surface area contributed by atoms with Crippen LogP contribution >= 0.6 is 0 Å². The monoisotopic (exact) mass is 317 g/mol. The number of nitrogens with one attached hydrogen (secondary N) is 1. The van der Waals surface area contributed by atoms with Gasteiger partial charge in [0.2, 0.25) is 11.9 Å². The summed E-state index contributed by atoms with van der Waals surface area (Å²) in [5.74, 6) is 1.94. The molecule has 3 heterocycles. The third kappa shape index (κ3) is 3.26. The third-order valence-electron chi connectivity index (χ3n) is 5.16. The van der Waals surface area contributed by atoms with Crippen LogP contribution in [0.1, 0.15) is 39.5 Å². The highest BCUT2D eigenvalue weighted by molar-refractivity contribution is 5.77. The van der Waals surface area contributed by atoms with E-state index in [1.54, 1.807) is 6.20 Å². The van der Waals surface area contributed by atoms with Crippen LogP contribution in [0.5, 0.6) is 0 Å². The molecule has 1 aromatic heterocycles. The van der Waals surface area contributed by atoms with Crippen molar-refractivity contribution in [2.24, 2.45) is 5.41 Å². The van der Waals surface area contributed by atoms with Crippen molar-refractivity contribution in [3.63, 3.8) is 0 Å². The van der Waals surface area contributed by atoms with E-state index in [1.165, 1.54) is 6.42 Å². The molecular weight excluding hydrogens is 290 g/mol. The van der Waals surface area contributed by atoms with Gasteiger partial charge in [-0.15, -0.1) is 0 Å². The standard InChI is InChI=1S/C17H27N5O/c1-13(2)22-12-17(8-5-15(22)23)7-4-10-21(11-17)16-19-9-6-14(18-3)20-16/h6,9,13H,4-5,7-8,10-12H2,1-3H3,(H,18,19,20)/t17-/m0/s1. The molecule has 23 heavy (non-hydrogen) atoms. The first-order valence-corrected chi connectivity index (χ1v) is 8.58. The lowest BCUT2D eigenvalue weighted by Crippen LogP contribution is -2.55. The molecule has 6 heteroatoms. The fraction of sp³-hybridized carbons (Fsp3) is 0.706. The number of carbonyl (C=O) groups is 1. The van der Waals surface area contributed by atoms with Crippen molar-refractivity contribution in [2.45, 2.75) is 45.6 Å². The normalized spacial score (nSPS) is 25.3. The Balaban J connectivity index is 1.78. The van der Waals surface area contributed by atoms with Crippen LogP contribution < -0.4 is 10.2 Å². The van der Waals surface area contributed by atoms with Gasteiger partial charge in [0.1, 0.15) is 5.82 Å². The second kappa shape index (κ2) is 6.34. The van der Waals surface area contributed by atoms with E-state index in [0.29, 0.717) is 12.3 Å². The molecule has 1 spiro atoms. The van der Waals surface area contributed by atoms with E-state index in [-0.39, 0.29) is 11.5 Å². The van der Waals surface area contributed by atoms with E-state index >= 15 is 0 Å². The van der Waals surface area contributed by atoms with Gasteiger partial charge < -0.3 is 15.1 Å². The van der Waals surface area contributed by atoms with E-state index in [4.69, 9.17) is 0 Å². The van der Waals surface area contributed by atoms with Gasteiger partial charge in [-0.25, -0.2) is 4.98 Å². The molecule has 0 radical (unpaired) electrons. The van der Waals surface area contributed by atoms with Gasteiger partial charge in [-0.2, -0.15) is 4.98 Å². The zero-order valence-corrected chi connectivity index (χ0v) is 14.4. The van der Waals surface area contributed by atoms with E-state index in [1.807, 2.05) is 13.1 Å². The Morgan fingerprint density at radius 1 is 1.30 bits per heavy atom. The second-order valence-electron chi connectivity index (χ2n) is 7.13. The first kappa shape index (κ1) is 16.0. The number of likely N-dealkylation sites (tertiary alicyclic amines) is 1. The van der Waals surface area contributed by atoms with Crippen LogP contribution in [0.25, 0.3) is 0 Å². The summed E-state index contributed by atoms with van der Waals surface area (Å²) in [5, 5.41) is 3.07. The molecule has 0 aromatic carbocycles. The van der Waals surface area contributed by atoms with Gasteiger partial charge in [0.25, 0.3) is 0 Å². The van der Waals surface area contributed by atoms with Crippen molar-refractivity contribution in [2.75, 3.05) is 36.9 Å². The van der Waals surface area contributed by atoms with Gasteiger partial charge in [0.15, 0.2) is 0 Å². The van der Waals surface area contributed by atoms with Crippen LogP contribution in [-0.2, 0) is 4.79 Å². The molecule has 2 aliphatic heterocycles. The fourth-order valence-corrected chi connectivity index (χ4v) is 3.87. The van der Waals surface area contributed by atoms with Gasteiger partial charge in [-0.1, -0.05) is 0 Å². The molecular formula is C17H27N5O. The Hall–Kier alpha value is -1.85. The summed E-state index contributed by atoms with van der Waals surface area (Å²) >= 11 is 0. The number of aromatic nitrogens is 2. The number of hydrogen-bond donors (Lipinski definition) is 1. The fourth-order valence-electron chi connectivity index (χ4n) is 3.87. The van der Waals surface area contributed by atoms with Gasteiger partial charge >= 0.3 is 0 Å². The predicted octanol–water partition coefficient (Wildman–Crippen LogP) is 2.14. The minimum absolute atomic E-state index is 0.190. The molecule has 2 fully saturated rings. The summed E-state index contributed by atoms with van der Waals surface area (Å²) in [6.45, 7) is 7.01. The van der Waals surface area contributed by atoms with E-state index in [2.05, 4.69) is 38.9 Å². The molecule has 2 aliphatic rings. The zero-order valence-electron chi connectivity index (χ0n) is 14.4. The number of amides is 1. The number of anilines is 2. The molecule has 1 aromatic rings. The first-order valence-electron chi connectivity index (χ1n) is 8.58. The highest BCUT2D eigenvalue weighted by Crippen LogP contribution is 2.40. The van der Waals surface area contributed by atoms with Crippen molar-refractivity contribution >= 4 is 17.7 Å². The number of hydrogen-bond acceptors (Lipinski definition) is 5. The smallest absolute Gasteiger partial charge is 0.227 e. The minimum Gasteiger partial charge on any atom is -0.373 e. The topological polar surface area (TPSA) is 61.4 Å². The Labute approximate surface area is 138 Å². The van der Waals surface area contributed by atoms with Crippen LogP contribution in [0, 0.1) is 5.41 Å². The lowest BCUT2D eigenvalue weighted by molar-refractivity contribution is -0.140. The van der Waals surface area contributed by atoms with Gasteiger partial charge in [0.05, 0.1) is 0 Å². The summed E-state index contributed by atoms with van der Waals surface area (Å²) in [4.78, 5) is 25.6. The Kier molecular flexibility index (Phi) is 4.41. The molecule has 1 amide bonds. The SMILES string of the molecule is CNc1ccnc(N2CCC[C@]3(CCC(=O)N(C(C)C)C3)C2)n1. The largest absolute Gasteiger partial charge is 0.373 e. The molecule has 126 valence electrons. The molecule has 1 atom stereocenters. The molecule has 0 aliphatic carbocycles. The maximum atomic E-state index is 12.2. The van der Waals surface area contributed by atoms with Crippen molar-refractivity contribution in [1.29, 1.82) is 0 Å². The molecule has 0 bridgehead atoms. The first-order chi connectivity index (χ1) is 11.0. The molecule has 2 saturated heterocycles. The third-order valence-corrected chi connectivity index (χ3v) is 5.16. The zero-order chi connectivity index (χ0) is 16.4. The average molecular weight is 317 g/mol. The van der Waals surface area contributed by atoms with Crippen molar-refractivity contribution in [1.82, 2.24) is 14.9 Å². The van der Waals surface area contributed by atoms with Crippen LogP contribution in [0.2, 0.25) is 0 Å². The van der Waals surface area contributed by atoms with Crippen molar-refractivity contribution in [3.05, 3.63) is 12.3 Å². The van der Waals surface area contributed by atoms with Gasteiger partial charge in [-0.05, 0) is 39.2 Å². The Morgan fingerprint density at radius 2 is 2.13 bits per heavy atom. The van der Waals surface area contributed by atoms with Crippen LogP contribution in [0.4, 0.5) is 11.8 Å². The number of nitrogens with zero attached hydrogens (tertiary/aromatic N) is 4. The summed E-state index contributed by atoms with van der Waals surface area (Å²) in [6, 6.07) is 2.15. The van der Waals surface area contributed by atoms with Crippen LogP contribution in [-0.4, -0.2) is 53.5 Å². The average Bonchev–Trinajstić information content (AvgIpc) is 2.57. The minimum atomic E-state index is 0.190. The summed E-state index contributed by atoms with van der Waals surface area (Å²) < 4.78 is 0. The summed E-state index contributed by atoms with van der Waals surface area (Å²) in [5.41, 5.74) is 0.190. The van der Waals surface area contributed by atoms with Gasteiger partial charge in [-0.3, -0.25) is 4.79 Å². The lowest BCUT2D eigenvalue weighted by Gasteiger charge is -2.49.